The Balaban J connectivity index is 1.79. The van der Waals surface area contributed by atoms with Gasteiger partial charge >= 0.3 is 6.18 Å². The van der Waals surface area contributed by atoms with Gasteiger partial charge in [0.1, 0.15) is 17.0 Å². The van der Waals surface area contributed by atoms with E-state index in [0.717, 1.165) is 16.3 Å². The molecule has 3 aromatic rings. The first-order valence-electron chi connectivity index (χ1n) is 8.47. The molecule has 0 spiro atoms. The van der Waals surface area contributed by atoms with Crippen molar-refractivity contribution in [1.82, 2.24) is 9.78 Å². The molecule has 0 atom stereocenters. The van der Waals surface area contributed by atoms with Crippen molar-refractivity contribution in [3.63, 3.8) is 0 Å². The lowest BCUT2D eigenvalue weighted by atomic mass is 10.1. The first-order chi connectivity index (χ1) is 14.5. The van der Waals surface area contributed by atoms with Crippen LogP contribution in [0.1, 0.15) is 21.6 Å². The molecule has 1 N–H and O–H groups in total. The summed E-state index contributed by atoms with van der Waals surface area (Å²) in [5.74, 6) is -10.9. The Bertz CT molecular complexity index is 1110. The van der Waals surface area contributed by atoms with Gasteiger partial charge in [0.2, 0.25) is 0 Å². The molecule has 2 aromatic carbocycles. The van der Waals surface area contributed by atoms with Crippen molar-refractivity contribution in [2.24, 2.45) is 0 Å². The van der Waals surface area contributed by atoms with Gasteiger partial charge in [0.15, 0.2) is 35.7 Å². The molecule has 1 amide bonds. The van der Waals surface area contributed by atoms with E-state index in [1.165, 1.54) is 11.5 Å². The molecule has 3 rings (SSSR count). The van der Waals surface area contributed by atoms with Crippen LogP contribution in [0.3, 0.4) is 0 Å². The zero-order valence-electron chi connectivity index (χ0n) is 15.5. The lowest BCUT2D eigenvalue weighted by Crippen LogP contribution is -2.21. The van der Waals surface area contributed by atoms with E-state index in [4.69, 9.17) is 4.74 Å². The Labute approximate surface area is 170 Å². The van der Waals surface area contributed by atoms with Gasteiger partial charge in [0.25, 0.3) is 5.91 Å². The fourth-order valence-electron chi connectivity index (χ4n) is 2.58. The van der Waals surface area contributed by atoms with Crippen LogP contribution in [0.5, 0.6) is 5.75 Å². The Morgan fingerprint density at radius 2 is 1.65 bits per heavy atom. The predicted molar refractivity (Wildman–Crippen MR) is 93.3 cm³/mol. The van der Waals surface area contributed by atoms with Crippen molar-refractivity contribution >= 4 is 11.6 Å². The van der Waals surface area contributed by atoms with Gasteiger partial charge in [-0.05, 0) is 24.6 Å². The summed E-state index contributed by atoms with van der Waals surface area (Å²) in [5.41, 5.74) is -4.06. The molecule has 0 bridgehead atoms. The molecular weight excluding hydrogens is 435 g/mol. The van der Waals surface area contributed by atoms with E-state index in [0.29, 0.717) is 5.75 Å². The van der Waals surface area contributed by atoms with Crippen LogP contribution >= 0.6 is 0 Å². The van der Waals surface area contributed by atoms with E-state index >= 15 is 0 Å². The van der Waals surface area contributed by atoms with E-state index in [1.54, 1.807) is 31.2 Å². The number of benzene rings is 2. The smallest absolute Gasteiger partial charge is 0.422 e. The van der Waals surface area contributed by atoms with Gasteiger partial charge in [0, 0.05) is 6.20 Å². The minimum atomic E-state index is -5.69. The molecular formula is C19H12F7N3O2. The number of para-hydroxylation sites is 1. The highest BCUT2D eigenvalue weighted by Gasteiger charge is 2.42. The van der Waals surface area contributed by atoms with Gasteiger partial charge in [-0.2, -0.15) is 18.3 Å². The SMILES string of the molecule is Cc1ccccc1OCn1ccc(C(=O)Nc2c(F)c(F)c(C(F)(F)F)c(F)c2F)n1. The monoisotopic (exact) mass is 447 g/mol. The number of nitrogens with one attached hydrogen (secondary N) is 1. The second kappa shape index (κ2) is 8.28. The molecule has 31 heavy (non-hydrogen) atoms. The van der Waals surface area contributed by atoms with Crippen LogP contribution < -0.4 is 10.1 Å². The molecule has 0 radical (unpaired) electrons. The molecule has 0 saturated carbocycles. The Hall–Kier alpha value is -3.57. The van der Waals surface area contributed by atoms with Crippen LogP contribution in [-0.2, 0) is 12.9 Å². The number of nitrogens with zero attached hydrogens (tertiary/aromatic N) is 2. The second-order valence-corrected chi connectivity index (χ2v) is 6.24. The largest absolute Gasteiger partial charge is 0.471 e. The molecule has 12 heteroatoms. The quantitative estimate of drug-likeness (QED) is 0.440. The maximum atomic E-state index is 13.9. The van der Waals surface area contributed by atoms with E-state index in [1.807, 2.05) is 0 Å². The van der Waals surface area contributed by atoms with Crippen LogP contribution in [0, 0.1) is 30.2 Å². The van der Waals surface area contributed by atoms with Crippen LogP contribution in [0.15, 0.2) is 36.5 Å². The van der Waals surface area contributed by atoms with Gasteiger partial charge in [-0.3, -0.25) is 4.79 Å². The van der Waals surface area contributed by atoms with Crippen molar-refractivity contribution in [2.45, 2.75) is 19.8 Å². The number of ether oxygens (including phenoxy) is 1. The number of anilines is 1. The molecule has 0 saturated heterocycles. The van der Waals surface area contributed by atoms with E-state index in [2.05, 4.69) is 5.10 Å². The van der Waals surface area contributed by atoms with Crippen molar-refractivity contribution in [3.05, 3.63) is 76.6 Å². The normalized spacial score (nSPS) is 11.5. The number of halogens is 7. The molecule has 0 fully saturated rings. The summed E-state index contributed by atoms with van der Waals surface area (Å²) in [6.45, 7) is 1.65. The number of aryl methyl sites for hydroxylation is 1. The van der Waals surface area contributed by atoms with Crippen molar-refractivity contribution in [2.75, 3.05) is 5.32 Å². The lowest BCUT2D eigenvalue weighted by molar-refractivity contribution is -0.143. The molecule has 1 heterocycles. The predicted octanol–water partition coefficient (Wildman–Crippen LogP) is 5.06. The summed E-state index contributed by atoms with van der Waals surface area (Å²) >= 11 is 0. The number of hydrogen-bond acceptors (Lipinski definition) is 3. The topological polar surface area (TPSA) is 56.1 Å². The molecule has 0 aliphatic heterocycles. The summed E-state index contributed by atoms with van der Waals surface area (Å²) in [6, 6.07) is 8.11. The summed E-state index contributed by atoms with van der Waals surface area (Å²) < 4.78 is 99.7. The highest BCUT2D eigenvalue weighted by atomic mass is 19.4. The highest BCUT2D eigenvalue weighted by molar-refractivity contribution is 6.03. The molecule has 0 aliphatic rings. The van der Waals surface area contributed by atoms with Crippen molar-refractivity contribution < 1.29 is 40.3 Å². The van der Waals surface area contributed by atoms with Crippen LogP contribution in [0.4, 0.5) is 36.4 Å². The van der Waals surface area contributed by atoms with Crippen LogP contribution in [0.25, 0.3) is 0 Å². The zero-order valence-corrected chi connectivity index (χ0v) is 15.5. The number of amides is 1. The number of hydrogen-bond donors (Lipinski definition) is 1. The van der Waals surface area contributed by atoms with Gasteiger partial charge in [0.05, 0.1) is 0 Å². The first-order valence-corrected chi connectivity index (χ1v) is 8.47. The fraction of sp³-hybridized carbons (Fsp3) is 0.158. The first kappa shape index (κ1) is 22.1. The number of carbonyl (C=O) groups excluding carboxylic acids is 1. The number of rotatable bonds is 5. The summed E-state index contributed by atoms with van der Waals surface area (Å²) in [4.78, 5) is 12.1. The van der Waals surface area contributed by atoms with Crippen molar-refractivity contribution in [3.8, 4) is 5.75 Å². The van der Waals surface area contributed by atoms with Gasteiger partial charge in [-0.1, -0.05) is 18.2 Å². The minimum absolute atomic E-state index is 0.148. The van der Waals surface area contributed by atoms with Crippen LogP contribution in [-0.4, -0.2) is 15.7 Å². The Kier molecular flexibility index (Phi) is 5.91. The van der Waals surface area contributed by atoms with E-state index in [9.17, 15) is 35.5 Å². The summed E-state index contributed by atoms with van der Waals surface area (Å²) in [6.07, 6.45) is -4.41. The standard InChI is InChI=1S/C19H12F7N3O2/c1-9-4-2-3-5-11(9)31-8-29-7-6-10(28-29)18(30)27-17-15(22)13(20)12(19(24,25)26)14(21)16(17)23/h2-7H,8H2,1H3,(H,27,30). The molecule has 5 nitrogen and oxygen atoms in total. The Morgan fingerprint density at radius 3 is 2.23 bits per heavy atom. The van der Waals surface area contributed by atoms with Crippen LogP contribution in [0.2, 0.25) is 0 Å². The molecule has 1 aromatic heterocycles. The van der Waals surface area contributed by atoms with E-state index in [-0.39, 0.29) is 6.73 Å². The van der Waals surface area contributed by atoms with Gasteiger partial charge < -0.3 is 10.1 Å². The minimum Gasteiger partial charge on any atom is -0.471 e. The molecule has 0 aliphatic carbocycles. The number of aromatic nitrogens is 2. The highest BCUT2D eigenvalue weighted by Crippen LogP contribution is 2.38. The third kappa shape index (κ3) is 4.47. The fourth-order valence-corrected chi connectivity index (χ4v) is 2.58. The lowest BCUT2D eigenvalue weighted by Gasteiger charge is -2.14. The summed E-state index contributed by atoms with van der Waals surface area (Å²) in [5, 5.41) is 5.28. The third-order valence-corrected chi connectivity index (χ3v) is 4.10. The van der Waals surface area contributed by atoms with E-state index < -0.39 is 52.3 Å². The summed E-state index contributed by atoms with van der Waals surface area (Å²) in [7, 11) is 0. The third-order valence-electron chi connectivity index (χ3n) is 4.10. The second-order valence-electron chi connectivity index (χ2n) is 6.24. The van der Waals surface area contributed by atoms with Gasteiger partial charge in [-0.15, -0.1) is 0 Å². The zero-order chi connectivity index (χ0) is 22.9. The number of carbonyl (C=O) groups is 1. The maximum Gasteiger partial charge on any atom is 0.422 e. The van der Waals surface area contributed by atoms with Crippen molar-refractivity contribution in [1.29, 1.82) is 0 Å². The number of alkyl halides is 3. The average molecular weight is 447 g/mol. The average Bonchev–Trinajstić information content (AvgIpc) is 3.17. The maximum absolute atomic E-state index is 13.9. The Morgan fingerprint density at radius 1 is 1.03 bits per heavy atom. The van der Waals surface area contributed by atoms with Gasteiger partial charge in [-0.25, -0.2) is 22.2 Å². The molecule has 164 valence electrons. The molecule has 0 unspecified atom stereocenters.